The molecule has 0 aliphatic rings. The van der Waals surface area contributed by atoms with Crippen molar-refractivity contribution < 1.29 is 9.47 Å². The zero-order valence-electron chi connectivity index (χ0n) is 11.7. The van der Waals surface area contributed by atoms with Crippen molar-refractivity contribution >= 4 is 15.9 Å². The first-order valence-corrected chi connectivity index (χ1v) is 7.18. The molecule has 3 nitrogen and oxygen atoms in total. The topological polar surface area (TPSA) is 44.5 Å². The van der Waals surface area contributed by atoms with E-state index in [1.807, 2.05) is 43.3 Å². The minimum Gasteiger partial charge on any atom is -0.496 e. The van der Waals surface area contributed by atoms with Gasteiger partial charge in [-0.3, -0.25) is 0 Å². The molecule has 0 fully saturated rings. The van der Waals surface area contributed by atoms with E-state index >= 15 is 0 Å². The Balaban J connectivity index is 2.23. The number of aryl methyl sites for hydroxylation is 1. The Morgan fingerprint density at radius 2 is 1.95 bits per heavy atom. The normalized spacial score (nSPS) is 10.4. The van der Waals surface area contributed by atoms with E-state index in [2.05, 4.69) is 15.9 Å². The lowest BCUT2D eigenvalue weighted by molar-refractivity contribution is 0.292. The fourth-order valence-corrected chi connectivity index (χ4v) is 2.50. The zero-order valence-corrected chi connectivity index (χ0v) is 13.2. The molecule has 0 heterocycles. The minimum absolute atomic E-state index is 0.445. The van der Waals surface area contributed by atoms with Crippen LogP contribution in [0, 0.1) is 6.92 Å². The summed E-state index contributed by atoms with van der Waals surface area (Å²) in [6, 6.07) is 11.9. The summed E-state index contributed by atoms with van der Waals surface area (Å²) in [4.78, 5) is 0. The van der Waals surface area contributed by atoms with Crippen LogP contribution in [0.1, 0.15) is 16.7 Å². The van der Waals surface area contributed by atoms with Gasteiger partial charge in [0.1, 0.15) is 18.1 Å². The number of benzene rings is 2. The third-order valence-electron chi connectivity index (χ3n) is 3.13. The average molecular weight is 336 g/mol. The van der Waals surface area contributed by atoms with E-state index in [1.165, 1.54) is 0 Å². The van der Waals surface area contributed by atoms with E-state index in [4.69, 9.17) is 15.2 Å². The number of halogens is 1. The van der Waals surface area contributed by atoms with Crippen molar-refractivity contribution in [2.24, 2.45) is 5.73 Å². The Hall–Kier alpha value is -1.52. The third kappa shape index (κ3) is 3.32. The highest BCUT2D eigenvalue weighted by Gasteiger charge is 2.09. The highest BCUT2D eigenvalue weighted by molar-refractivity contribution is 9.10. The number of ether oxygens (including phenoxy) is 2. The van der Waals surface area contributed by atoms with Gasteiger partial charge in [-0.15, -0.1) is 0 Å². The SMILES string of the molecule is COc1ccc(Br)cc1COc1c(C)cccc1CN. The molecule has 0 amide bonds. The Morgan fingerprint density at radius 1 is 1.15 bits per heavy atom. The summed E-state index contributed by atoms with van der Waals surface area (Å²) in [6.45, 7) is 2.93. The molecule has 0 saturated carbocycles. The summed E-state index contributed by atoms with van der Waals surface area (Å²) in [5, 5.41) is 0. The molecule has 0 saturated heterocycles. The van der Waals surface area contributed by atoms with Gasteiger partial charge in [-0.05, 0) is 30.7 Å². The van der Waals surface area contributed by atoms with Crippen molar-refractivity contribution in [3.8, 4) is 11.5 Å². The van der Waals surface area contributed by atoms with Crippen LogP contribution in [-0.2, 0) is 13.2 Å². The summed E-state index contributed by atoms with van der Waals surface area (Å²) in [6.07, 6.45) is 0. The fraction of sp³-hybridized carbons (Fsp3) is 0.250. The van der Waals surface area contributed by atoms with Crippen LogP contribution in [0.4, 0.5) is 0 Å². The second-order valence-corrected chi connectivity index (χ2v) is 5.43. The first-order valence-electron chi connectivity index (χ1n) is 6.39. The van der Waals surface area contributed by atoms with Gasteiger partial charge in [-0.25, -0.2) is 0 Å². The molecule has 2 aromatic rings. The standard InChI is InChI=1S/C16H18BrNO2/c1-11-4-3-5-12(9-18)16(11)20-10-13-8-14(17)6-7-15(13)19-2/h3-8H,9-10,18H2,1-2H3. The molecule has 0 bridgehead atoms. The van der Waals surface area contributed by atoms with Crippen molar-refractivity contribution in [3.63, 3.8) is 0 Å². The molecular weight excluding hydrogens is 318 g/mol. The summed E-state index contributed by atoms with van der Waals surface area (Å²) in [5.41, 5.74) is 8.85. The fourth-order valence-electron chi connectivity index (χ4n) is 2.09. The van der Waals surface area contributed by atoms with Crippen LogP contribution in [0.5, 0.6) is 11.5 Å². The monoisotopic (exact) mass is 335 g/mol. The second-order valence-electron chi connectivity index (χ2n) is 4.51. The Morgan fingerprint density at radius 3 is 2.65 bits per heavy atom. The Labute approximate surface area is 127 Å². The molecule has 2 rings (SSSR count). The van der Waals surface area contributed by atoms with E-state index in [0.717, 1.165) is 32.7 Å². The predicted molar refractivity (Wildman–Crippen MR) is 84.1 cm³/mol. The van der Waals surface area contributed by atoms with Crippen LogP contribution in [0.2, 0.25) is 0 Å². The first-order chi connectivity index (χ1) is 9.65. The van der Waals surface area contributed by atoms with Gasteiger partial charge >= 0.3 is 0 Å². The molecule has 0 atom stereocenters. The minimum atomic E-state index is 0.445. The number of methoxy groups -OCH3 is 1. The number of hydrogen-bond acceptors (Lipinski definition) is 3. The van der Waals surface area contributed by atoms with Crippen LogP contribution in [0.3, 0.4) is 0 Å². The van der Waals surface area contributed by atoms with Gasteiger partial charge in [0.15, 0.2) is 0 Å². The quantitative estimate of drug-likeness (QED) is 0.903. The van der Waals surface area contributed by atoms with Gasteiger partial charge in [0.2, 0.25) is 0 Å². The number of nitrogens with two attached hydrogens (primary N) is 1. The number of rotatable bonds is 5. The summed E-state index contributed by atoms with van der Waals surface area (Å²) in [7, 11) is 1.66. The molecule has 0 aromatic heterocycles. The van der Waals surface area contributed by atoms with E-state index in [0.29, 0.717) is 13.2 Å². The highest BCUT2D eigenvalue weighted by Crippen LogP contribution is 2.27. The molecule has 0 spiro atoms. The van der Waals surface area contributed by atoms with Crippen LogP contribution in [0.15, 0.2) is 40.9 Å². The zero-order chi connectivity index (χ0) is 14.5. The van der Waals surface area contributed by atoms with Crippen molar-refractivity contribution in [2.75, 3.05) is 7.11 Å². The van der Waals surface area contributed by atoms with Crippen molar-refractivity contribution in [1.82, 2.24) is 0 Å². The molecule has 20 heavy (non-hydrogen) atoms. The lowest BCUT2D eigenvalue weighted by Crippen LogP contribution is -2.05. The maximum atomic E-state index is 5.96. The van der Waals surface area contributed by atoms with E-state index in [-0.39, 0.29) is 0 Å². The van der Waals surface area contributed by atoms with E-state index in [1.54, 1.807) is 7.11 Å². The number of hydrogen-bond donors (Lipinski definition) is 1. The van der Waals surface area contributed by atoms with Gasteiger partial charge in [0.05, 0.1) is 7.11 Å². The smallest absolute Gasteiger partial charge is 0.127 e. The molecule has 0 aliphatic carbocycles. The molecule has 4 heteroatoms. The maximum absolute atomic E-state index is 5.96. The predicted octanol–water partition coefficient (Wildman–Crippen LogP) is 3.80. The van der Waals surface area contributed by atoms with Crippen LogP contribution >= 0.6 is 15.9 Å². The first kappa shape index (κ1) is 14.9. The van der Waals surface area contributed by atoms with E-state index in [9.17, 15) is 0 Å². The van der Waals surface area contributed by atoms with Gasteiger partial charge in [-0.2, -0.15) is 0 Å². The largest absolute Gasteiger partial charge is 0.496 e. The molecular formula is C16H18BrNO2. The molecule has 0 unspecified atom stereocenters. The molecule has 0 radical (unpaired) electrons. The molecule has 2 N–H and O–H groups in total. The van der Waals surface area contributed by atoms with Crippen LogP contribution in [0.25, 0.3) is 0 Å². The van der Waals surface area contributed by atoms with Gasteiger partial charge in [0.25, 0.3) is 0 Å². The summed E-state index contributed by atoms with van der Waals surface area (Å²) in [5.74, 6) is 1.67. The van der Waals surface area contributed by atoms with Gasteiger partial charge in [0, 0.05) is 22.1 Å². The van der Waals surface area contributed by atoms with Crippen molar-refractivity contribution in [2.45, 2.75) is 20.1 Å². The van der Waals surface area contributed by atoms with Crippen molar-refractivity contribution in [3.05, 3.63) is 57.6 Å². The lowest BCUT2D eigenvalue weighted by atomic mass is 10.1. The maximum Gasteiger partial charge on any atom is 0.127 e. The van der Waals surface area contributed by atoms with E-state index < -0.39 is 0 Å². The number of para-hydroxylation sites is 1. The van der Waals surface area contributed by atoms with Gasteiger partial charge < -0.3 is 15.2 Å². The third-order valence-corrected chi connectivity index (χ3v) is 3.62. The Kier molecular flexibility index (Phi) is 5.04. The Bertz CT molecular complexity index is 599. The molecule has 106 valence electrons. The molecule has 0 aliphatic heterocycles. The average Bonchev–Trinajstić information content (AvgIpc) is 2.46. The van der Waals surface area contributed by atoms with Crippen LogP contribution in [-0.4, -0.2) is 7.11 Å². The van der Waals surface area contributed by atoms with Gasteiger partial charge in [-0.1, -0.05) is 34.1 Å². The van der Waals surface area contributed by atoms with Crippen LogP contribution < -0.4 is 15.2 Å². The summed E-state index contributed by atoms with van der Waals surface area (Å²) < 4.78 is 12.3. The van der Waals surface area contributed by atoms with Crippen molar-refractivity contribution in [1.29, 1.82) is 0 Å². The summed E-state index contributed by atoms with van der Waals surface area (Å²) >= 11 is 3.46. The lowest BCUT2D eigenvalue weighted by Gasteiger charge is -2.15. The molecule has 2 aromatic carbocycles. The highest BCUT2D eigenvalue weighted by atomic mass is 79.9. The second kappa shape index (κ2) is 6.77.